The number of benzene rings is 1. The fraction of sp³-hybridized carbons (Fsp3) is 0.316. The van der Waals surface area contributed by atoms with E-state index in [0.717, 1.165) is 18.7 Å². The van der Waals surface area contributed by atoms with E-state index in [9.17, 15) is 9.18 Å². The normalized spacial score (nSPS) is 17.4. The zero-order valence-corrected chi connectivity index (χ0v) is 15.0. The SMILES string of the molecule is C[C@H](NC(=O)c1cn2c(n1)CCC(N)C2)c1ccc(-n2cccn2)c(F)c1. The smallest absolute Gasteiger partial charge is 0.271 e. The molecular formula is C19H21FN6O. The Hall–Kier alpha value is -3.00. The summed E-state index contributed by atoms with van der Waals surface area (Å²) in [4.78, 5) is 16.9. The highest BCUT2D eigenvalue weighted by molar-refractivity contribution is 5.92. The van der Waals surface area contributed by atoms with Crippen LogP contribution in [0.2, 0.25) is 0 Å². The topological polar surface area (TPSA) is 90.8 Å². The zero-order chi connectivity index (χ0) is 19.0. The van der Waals surface area contributed by atoms with Gasteiger partial charge in [-0.1, -0.05) is 6.07 Å². The lowest BCUT2D eigenvalue weighted by molar-refractivity contribution is 0.0935. The maximum absolute atomic E-state index is 14.4. The first-order valence-electron chi connectivity index (χ1n) is 8.93. The number of halogens is 1. The average Bonchev–Trinajstić information content (AvgIpc) is 3.30. The largest absolute Gasteiger partial charge is 0.344 e. The molecule has 1 aliphatic rings. The molecule has 0 saturated carbocycles. The summed E-state index contributed by atoms with van der Waals surface area (Å²) in [5, 5.41) is 6.91. The van der Waals surface area contributed by atoms with E-state index in [0.29, 0.717) is 23.5 Å². The molecule has 0 saturated heterocycles. The Morgan fingerprint density at radius 3 is 3.04 bits per heavy atom. The van der Waals surface area contributed by atoms with Gasteiger partial charge in [0.25, 0.3) is 5.91 Å². The summed E-state index contributed by atoms with van der Waals surface area (Å²) in [6, 6.07) is 6.31. The molecular weight excluding hydrogens is 347 g/mol. The highest BCUT2D eigenvalue weighted by atomic mass is 19.1. The van der Waals surface area contributed by atoms with Gasteiger partial charge in [0.15, 0.2) is 0 Å². The number of fused-ring (bicyclic) bond motifs is 1. The first-order valence-corrected chi connectivity index (χ1v) is 8.93. The van der Waals surface area contributed by atoms with Gasteiger partial charge >= 0.3 is 0 Å². The minimum absolute atomic E-state index is 0.0952. The Balaban J connectivity index is 1.48. The molecule has 2 atom stereocenters. The molecule has 0 aliphatic carbocycles. The van der Waals surface area contributed by atoms with E-state index in [4.69, 9.17) is 5.73 Å². The second-order valence-corrected chi connectivity index (χ2v) is 6.85. The van der Waals surface area contributed by atoms with E-state index >= 15 is 0 Å². The number of nitrogens with zero attached hydrogens (tertiary/aromatic N) is 4. The molecule has 27 heavy (non-hydrogen) atoms. The summed E-state index contributed by atoms with van der Waals surface area (Å²) < 4.78 is 17.8. The lowest BCUT2D eigenvalue weighted by atomic mass is 10.1. The van der Waals surface area contributed by atoms with Crippen molar-refractivity contribution < 1.29 is 9.18 Å². The summed E-state index contributed by atoms with van der Waals surface area (Å²) >= 11 is 0. The Labute approximate surface area is 156 Å². The molecule has 1 amide bonds. The first kappa shape index (κ1) is 17.4. The Morgan fingerprint density at radius 1 is 1.44 bits per heavy atom. The lowest BCUT2D eigenvalue weighted by Crippen LogP contribution is -2.31. The van der Waals surface area contributed by atoms with Gasteiger partial charge < -0.3 is 15.6 Å². The van der Waals surface area contributed by atoms with Crippen LogP contribution in [0.15, 0.2) is 42.9 Å². The summed E-state index contributed by atoms with van der Waals surface area (Å²) in [6.07, 6.45) is 6.64. The number of hydrogen-bond donors (Lipinski definition) is 2. The molecule has 0 bridgehead atoms. The number of hydrogen-bond acceptors (Lipinski definition) is 4. The number of carbonyl (C=O) groups is 1. The molecule has 8 heteroatoms. The standard InChI is InChI=1S/C19H21FN6O/c1-12(13-3-5-17(15(20)9-13)26-8-2-7-22-26)23-19(27)16-11-25-10-14(21)4-6-18(25)24-16/h2-3,5,7-9,11-12,14H,4,6,10,21H2,1H3,(H,23,27)/t12-,14?/m0/s1. The van der Waals surface area contributed by atoms with E-state index in [-0.39, 0.29) is 18.0 Å². The van der Waals surface area contributed by atoms with Gasteiger partial charge in [0.05, 0.1) is 6.04 Å². The number of nitrogens with two attached hydrogens (primary N) is 1. The van der Waals surface area contributed by atoms with E-state index in [1.54, 1.807) is 36.8 Å². The number of aromatic nitrogens is 4. The van der Waals surface area contributed by atoms with Crippen molar-refractivity contribution in [2.45, 2.75) is 38.4 Å². The van der Waals surface area contributed by atoms with E-state index in [1.807, 2.05) is 11.5 Å². The Morgan fingerprint density at radius 2 is 2.30 bits per heavy atom. The van der Waals surface area contributed by atoms with Gasteiger partial charge in [-0.2, -0.15) is 5.10 Å². The second kappa shape index (κ2) is 6.96. The van der Waals surface area contributed by atoms with Crippen LogP contribution in [0.5, 0.6) is 0 Å². The molecule has 3 N–H and O–H groups in total. The summed E-state index contributed by atoms with van der Waals surface area (Å²) in [5.41, 5.74) is 7.35. The van der Waals surface area contributed by atoms with Crippen molar-refractivity contribution in [3.63, 3.8) is 0 Å². The first-order chi connectivity index (χ1) is 13.0. The van der Waals surface area contributed by atoms with Gasteiger partial charge in [-0.05, 0) is 37.1 Å². The maximum Gasteiger partial charge on any atom is 0.271 e. The maximum atomic E-state index is 14.4. The van der Waals surface area contributed by atoms with Crippen LogP contribution in [0.1, 0.15) is 41.3 Å². The predicted molar refractivity (Wildman–Crippen MR) is 97.9 cm³/mol. The predicted octanol–water partition coefficient (Wildman–Crippen LogP) is 1.97. The van der Waals surface area contributed by atoms with Crippen LogP contribution < -0.4 is 11.1 Å². The summed E-state index contributed by atoms with van der Waals surface area (Å²) in [6.45, 7) is 2.48. The quantitative estimate of drug-likeness (QED) is 0.737. The Kier molecular flexibility index (Phi) is 4.49. The third-order valence-electron chi connectivity index (χ3n) is 4.83. The number of aryl methyl sites for hydroxylation is 1. The monoisotopic (exact) mass is 368 g/mol. The molecule has 2 aromatic heterocycles. The average molecular weight is 368 g/mol. The number of amides is 1. The van der Waals surface area contributed by atoms with Crippen molar-refractivity contribution >= 4 is 5.91 Å². The van der Waals surface area contributed by atoms with Crippen molar-refractivity contribution in [1.29, 1.82) is 0 Å². The van der Waals surface area contributed by atoms with Crippen LogP contribution in [0, 0.1) is 5.82 Å². The molecule has 3 heterocycles. The number of carbonyl (C=O) groups excluding carboxylic acids is 1. The van der Waals surface area contributed by atoms with Gasteiger partial charge in [0.1, 0.15) is 23.0 Å². The van der Waals surface area contributed by atoms with Crippen molar-refractivity contribution in [2.75, 3.05) is 0 Å². The van der Waals surface area contributed by atoms with E-state index in [2.05, 4.69) is 15.4 Å². The number of nitrogens with one attached hydrogen (secondary N) is 1. The Bertz CT molecular complexity index is 965. The molecule has 4 rings (SSSR count). The highest BCUT2D eigenvalue weighted by Crippen LogP contribution is 2.20. The van der Waals surface area contributed by atoms with E-state index < -0.39 is 5.82 Å². The summed E-state index contributed by atoms with van der Waals surface area (Å²) in [7, 11) is 0. The highest BCUT2D eigenvalue weighted by Gasteiger charge is 2.21. The lowest BCUT2D eigenvalue weighted by Gasteiger charge is -2.19. The van der Waals surface area contributed by atoms with Crippen LogP contribution in [0.3, 0.4) is 0 Å². The van der Waals surface area contributed by atoms with Gasteiger partial charge in [0.2, 0.25) is 0 Å². The van der Waals surface area contributed by atoms with E-state index in [1.165, 1.54) is 10.7 Å². The zero-order valence-electron chi connectivity index (χ0n) is 15.0. The van der Waals surface area contributed by atoms with Crippen LogP contribution in [0.25, 0.3) is 5.69 Å². The van der Waals surface area contributed by atoms with Crippen molar-refractivity contribution in [2.24, 2.45) is 5.73 Å². The number of rotatable bonds is 4. The molecule has 7 nitrogen and oxygen atoms in total. The third kappa shape index (κ3) is 3.48. The van der Waals surface area contributed by atoms with Crippen molar-refractivity contribution in [3.05, 3.63) is 65.8 Å². The molecule has 1 aromatic carbocycles. The third-order valence-corrected chi connectivity index (χ3v) is 4.83. The molecule has 0 spiro atoms. The molecule has 3 aromatic rings. The molecule has 1 unspecified atom stereocenters. The fourth-order valence-corrected chi connectivity index (χ4v) is 3.32. The minimum Gasteiger partial charge on any atom is -0.344 e. The number of imidazole rings is 1. The molecule has 0 fully saturated rings. The molecule has 1 aliphatic heterocycles. The fourth-order valence-electron chi connectivity index (χ4n) is 3.32. The van der Waals surface area contributed by atoms with Crippen molar-refractivity contribution in [3.8, 4) is 5.69 Å². The molecule has 140 valence electrons. The van der Waals surface area contributed by atoms with Gasteiger partial charge in [0, 0.05) is 37.6 Å². The second-order valence-electron chi connectivity index (χ2n) is 6.85. The minimum atomic E-state index is -0.399. The van der Waals surface area contributed by atoms with Crippen molar-refractivity contribution in [1.82, 2.24) is 24.6 Å². The van der Waals surface area contributed by atoms with Crippen LogP contribution in [-0.2, 0) is 13.0 Å². The summed E-state index contributed by atoms with van der Waals surface area (Å²) in [5.74, 6) is 0.197. The van der Waals surface area contributed by atoms with Crippen LogP contribution >= 0.6 is 0 Å². The van der Waals surface area contributed by atoms with Crippen LogP contribution in [0.4, 0.5) is 4.39 Å². The van der Waals surface area contributed by atoms with Crippen LogP contribution in [-0.4, -0.2) is 31.3 Å². The van der Waals surface area contributed by atoms with Gasteiger partial charge in [-0.3, -0.25) is 4.79 Å². The van der Waals surface area contributed by atoms with Gasteiger partial charge in [-0.15, -0.1) is 0 Å². The van der Waals surface area contributed by atoms with Gasteiger partial charge in [-0.25, -0.2) is 14.1 Å². The molecule has 0 radical (unpaired) electrons.